The van der Waals surface area contributed by atoms with E-state index < -0.39 is 0 Å². The minimum absolute atomic E-state index is 0. The lowest BCUT2D eigenvalue weighted by molar-refractivity contribution is 0.180. The molecule has 102 valence electrons. The van der Waals surface area contributed by atoms with Crippen LogP contribution in [0.1, 0.15) is 37.4 Å². The quantitative estimate of drug-likeness (QED) is 0.851. The molecule has 2 aliphatic carbocycles. The van der Waals surface area contributed by atoms with Gasteiger partial charge in [-0.15, -0.1) is 12.4 Å². The summed E-state index contributed by atoms with van der Waals surface area (Å²) < 4.78 is 5.03. The van der Waals surface area contributed by atoms with Gasteiger partial charge in [0.25, 0.3) is 0 Å². The van der Waals surface area contributed by atoms with Crippen molar-refractivity contribution in [1.82, 2.24) is 15.0 Å². The minimum Gasteiger partial charge on any atom is -0.338 e. The molecule has 0 spiro atoms. The van der Waals surface area contributed by atoms with Crippen LogP contribution in [0, 0.1) is 11.8 Å². The summed E-state index contributed by atoms with van der Waals surface area (Å²) in [6.45, 7) is 1.10. The molecule has 0 amide bonds. The lowest BCUT2D eigenvalue weighted by Crippen LogP contribution is -2.35. The summed E-state index contributed by atoms with van der Waals surface area (Å²) in [5, 5.41) is 3.96. The van der Waals surface area contributed by atoms with Crippen molar-refractivity contribution in [3.8, 4) is 0 Å². The molecular weight excluding hydrogens is 252 g/mol. The van der Waals surface area contributed by atoms with Gasteiger partial charge in [0.15, 0.2) is 5.82 Å². The molecule has 0 bridgehead atoms. The van der Waals surface area contributed by atoms with E-state index in [1.807, 2.05) is 0 Å². The zero-order valence-corrected chi connectivity index (χ0v) is 11.5. The zero-order chi connectivity index (χ0) is 11.8. The predicted octanol–water partition coefficient (Wildman–Crippen LogP) is 1.57. The van der Waals surface area contributed by atoms with Crippen LogP contribution >= 0.6 is 12.4 Å². The lowest BCUT2D eigenvalue weighted by Gasteiger charge is -2.26. The highest BCUT2D eigenvalue weighted by molar-refractivity contribution is 5.85. The van der Waals surface area contributed by atoms with Gasteiger partial charge in [0.05, 0.1) is 13.1 Å². The van der Waals surface area contributed by atoms with Crippen molar-refractivity contribution in [1.29, 1.82) is 0 Å². The van der Waals surface area contributed by atoms with Crippen LogP contribution in [0.5, 0.6) is 0 Å². The molecular formula is C12H21ClN4O. The standard InChI is InChI=1S/C12H20N4O.ClH/c1-16(7-10-14-11(6-13)17-15-10)12(8-2-3-8)9-4-5-9;/h8-9,12H,2-7,13H2,1H3;1H. The number of hydrogen-bond acceptors (Lipinski definition) is 5. The molecule has 18 heavy (non-hydrogen) atoms. The number of rotatable bonds is 6. The highest BCUT2D eigenvalue weighted by atomic mass is 35.5. The fraction of sp³-hybridized carbons (Fsp3) is 0.833. The predicted molar refractivity (Wildman–Crippen MR) is 70.1 cm³/mol. The number of nitrogens with zero attached hydrogens (tertiary/aromatic N) is 3. The van der Waals surface area contributed by atoms with Gasteiger partial charge in [-0.25, -0.2) is 0 Å². The van der Waals surface area contributed by atoms with Gasteiger partial charge < -0.3 is 10.3 Å². The molecule has 6 heteroatoms. The summed E-state index contributed by atoms with van der Waals surface area (Å²) in [4.78, 5) is 6.67. The van der Waals surface area contributed by atoms with E-state index in [9.17, 15) is 0 Å². The number of hydrogen-bond donors (Lipinski definition) is 1. The van der Waals surface area contributed by atoms with Crippen molar-refractivity contribution in [3.05, 3.63) is 11.7 Å². The number of aromatic nitrogens is 2. The van der Waals surface area contributed by atoms with Crippen molar-refractivity contribution >= 4 is 12.4 Å². The Labute approximate surface area is 114 Å². The van der Waals surface area contributed by atoms with Crippen LogP contribution in [0.2, 0.25) is 0 Å². The molecule has 0 aliphatic heterocycles. The highest BCUT2D eigenvalue weighted by Crippen LogP contribution is 2.46. The maximum Gasteiger partial charge on any atom is 0.240 e. The Morgan fingerprint density at radius 1 is 1.33 bits per heavy atom. The van der Waals surface area contributed by atoms with Crippen LogP contribution in [0.25, 0.3) is 0 Å². The minimum atomic E-state index is 0. The monoisotopic (exact) mass is 272 g/mol. The second kappa shape index (κ2) is 5.55. The molecule has 0 radical (unpaired) electrons. The van der Waals surface area contributed by atoms with Crippen molar-refractivity contribution in [2.45, 2.75) is 44.8 Å². The van der Waals surface area contributed by atoms with Crippen molar-refractivity contribution in [3.63, 3.8) is 0 Å². The third kappa shape index (κ3) is 3.02. The largest absolute Gasteiger partial charge is 0.338 e. The summed E-state index contributed by atoms with van der Waals surface area (Å²) >= 11 is 0. The topological polar surface area (TPSA) is 68.2 Å². The highest BCUT2D eigenvalue weighted by Gasteiger charge is 2.43. The summed E-state index contributed by atoms with van der Waals surface area (Å²) in [7, 11) is 2.18. The van der Waals surface area contributed by atoms with E-state index in [1.54, 1.807) is 0 Å². The molecule has 1 aromatic heterocycles. The summed E-state index contributed by atoms with van der Waals surface area (Å²) in [6, 6.07) is 0.731. The van der Waals surface area contributed by atoms with Crippen LogP contribution in [0.4, 0.5) is 0 Å². The van der Waals surface area contributed by atoms with E-state index >= 15 is 0 Å². The third-order valence-electron chi connectivity index (χ3n) is 3.79. The van der Waals surface area contributed by atoms with Gasteiger partial charge in [0.1, 0.15) is 0 Å². The Morgan fingerprint density at radius 3 is 2.39 bits per heavy atom. The molecule has 1 heterocycles. The van der Waals surface area contributed by atoms with Crippen LogP contribution < -0.4 is 5.73 Å². The smallest absolute Gasteiger partial charge is 0.240 e. The maximum absolute atomic E-state index is 5.46. The molecule has 2 aliphatic rings. The van der Waals surface area contributed by atoms with Crippen molar-refractivity contribution in [2.24, 2.45) is 17.6 Å². The first-order valence-electron chi connectivity index (χ1n) is 6.49. The molecule has 1 aromatic rings. The Morgan fingerprint density at radius 2 is 1.94 bits per heavy atom. The molecule has 2 fully saturated rings. The Balaban J connectivity index is 0.00000120. The van der Waals surface area contributed by atoms with Crippen LogP contribution in [-0.4, -0.2) is 28.1 Å². The first kappa shape index (κ1) is 13.8. The van der Waals surface area contributed by atoms with Crippen LogP contribution in [-0.2, 0) is 13.1 Å². The summed E-state index contributed by atoms with van der Waals surface area (Å²) in [5.41, 5.74) is 5.46. The number of halogens is 1. The SMILES string of the molecule is CN(Cc1noc(CN)n1)C(C1CC1)C1CC1.Cl. The molecule has 0 atom stereocenters. The van der Waals surface area contributed by atoms with Gasteiger partial charge in [0.2, 0.25) is 5.89 Å². The van der Waals surface area contributed by atoms with Crippen molar-refractivity contribution in [2.75, 3.05) is 7.05 Å². The van der Waals surface area contributed by atoms with Gasteiger partial charge in [-0.1, -0.05) is 5.16 Å². The van der Waals surface area contributed by atoms with Crippen LogP contribution in [0.3, 0.4) is 0 Å². The van der Waals surface area contributed by atoms with Crippen molar-refractivity contribution < 1.29 is 4.52 Å². The second-order valence-corrected chi connectivity index (χ2v) is 5.39. The number of nitrogens with two attached hydrogens (primary N) is 1. The average Bonchev–Trinajstić information content (AvgIpc) is 3.22. The fourth-order valence-corrected chi connectivity index (χ4v) is 2.75. The molecule has 3 rings (SSSR count). The average molecular weight is 273 g/mol. The van der Waals surface area contributed by atoms with Gasteiger partial charge in [-0.2, -0.15) is 4.98 Å². The molecule has 0 saturated heterocycles. The third-order valence-corrected chi connectivity index (χ3v) is 3.79. The van der Waals surface area contributed by atoms with Gasteiger partial charge in [-0.3, -0.25) is 4.90 Å². The van der Waals surface area contributed by atoms with Gasteiger partial charge >= 0.3 is 0 Å². The lowest BCUT2D eigenvalue weighted by atomic mass is 10.1. The molecule has 2 saturated carbocycles. The second-order valence-electron chi connectivity index (χ2n) is 5.39. The molecule has 2 N–H and O–H groups in total. The Hall–Kier alpha value is -0.650. The Kier molecular flexibility index (Phi) is 4.25. The van der Waals surface area contributed by atoms with E-state index in [2.05, 4.69) is 22.1 Å². The summed E-state index contributed by atoms with van der Waals surface area (Å²) in [5.74, 6) is 3.11. The van der Waals surface area contributed by atoms with E-state index in [4.69, 9.17) is 10.3 Å². The molecule has 0 unspecified atom stereocenters. The van der Waals surface area contributed by atoms with E-state index in [1.165, 1.54) is 25.7 Å². The molecule has 0 aromatic carbocycles. The maximum atomic E-state index is 5.46. The summed E-state index contributed by atoms with van der Waals surface area (Å²) in [6.07, 6.45) is 5.58. The van der Waals surface area contributed by atoms with E-state index in [-0.39, 0.29) is 12.4 Å². The Bertz CT molecular complexity index is 377. The van der Waals surface area contributed by atoms with Crippen LogP contribution in [0.15, 0.2) is 4.52 Å². The van der Waals surface area contributed by atoms with E-state index in [0.29, 0.717) is 12.4 Å². The first-order chi connectivity index (χ1) is 8.28. The molecule has 5 nitrogen and oxygen atoms in total. The fourth-order valence-electron chi connectivity index (χ4n) is 2.75. The first-order valence-corrected chi connectivity index (χ1v) is 6.49. The normalized spacial score (nSPS) is 19.3. The van der Waals surface area contributed by atoms with Gasteiger partial charge in [-0.05, 0) is 44.6 Å². The zero-order valence-electron chi connectivity index (χ0n) is 10.7. The van der Waals surface area contributed by atoms with Gasteiger partial charge in [0, 0.05) is 6.04 Å². The van der Waals surface area contributed by atoms with E-state index in [0.717, 1.165) is 30.2 Å².